The van der Waals surface area contributed by atoms with Crippen molar-refractivity contribution in [3.63, 3.8) is 0 Å². The summed E-state index contributed by atoms with van der Waals surface area (Å²) in [6.07, 6.45) is 1.21. The second-order valence-electron chi connectivity index (χ2n) is 10.9. The molecule has 41 heavy (non-hydrogen) atoms. The Balaban J connectivity index is 1.49. The molecule has 3 heterocycles. The van der Waals surface area contributed by atoms with Crippen LogP contribution in [0.1, 0.15) is 62.3 Å². The Bertz CT molecular complexity index is 1530. The number of hydrogen-bond donors (Lipinski definition) is 2. The molecule has 2 aromatic heterocycles. The van der Waals surface area contributed by atoms with Crippen molar-refractivity contribution in [1.82, 2.24) is 30.3 Å². The molecule has 2 N–H and O–H groups in total. The first-order chi connectivity index (χ1) is 19.8. The third-order valence-corrected chi connectivity index (χ3v) is 8.21. The predicted octanol–water partition coefficient (Wildman–Crippen LogP) is 4.80. The van der Waals surface area contributed by atoms with E-state index >= 15 is 0 Å². The summed E-state index contributed by atoms with van der Waals surface area (Å²) in [5, 5.41) is 13.6. The number of amides is 3. The van der Waals surface area contributed by atoms with E-state index in [1.165, 1.54) is 0 Å². The number of aromatic nitrogens is 3. The summed E-state index contributed by atoms with van der Waals surface area (Å²) in [4.78, 5) is 46.7. The maximum atomic E-state index is 13.8. The van der Waals surface area contributed by atoms with E-state index in [0.29, 0.717) is 49.7 Å². The number of nitrogens with zero attached hydrogens (tertiary/aromatic N) is 4. The van der Waals surface area contributed by atoms with Gasteiger partial charge in [-0.2, -0.15) is 5.10 Å². The van der Waals surface area contributed by atoms with Gasteiger partial charge >= 0.3 is 0 Å². The number of thiophene rings is 1. The van der Waals surface area contributed by atoms with Gasteiger partial charge < -0.3 is 15.5 Å². The minimum atomic E-state index is -0.659. The maximum absolute atomic E-state index is 13.8. The highest BCUT2D eigenvalue weighted by molar-refractivity contribution is 7.17. The summed E-state index contributed by atoms with van der Waals surface area (Å²) in [6.45, 7) is 7.09. The molecule has 9 nitrogen and oxygen atoms in total. The SMILES string of the molecule is CC(C)C[C@H]1NC(=O)CCCN(C(=O)c2csc3ccccc23)CCn2nc(-c3ccccc3)nc2[C@@H](C)NC1=O. The normalized spacial score (nSPS) is 19.0. The molecule has 0 radical (unpaired) electrons. The second kappa shape index (κ2) is 12.6. The second-order valence-corrected chi connectivity index (χ2v) is 11.8. The van der Waals surface area contributed by atoms with Crippen molar-refractivity contribution in [3.05, 3.63) is 71.4 Å². The summed E-state index contributed by atoms with van der Waals surface area (Å²) in [5.41, 5.74) is 1.53. The zero-order chi connectivity index (χ0) is 28.9. The van der Waals surface area contributed by atoms with Crippen LogP contribution in [0.15, 0.2) is 60.0 Å². The standard InChI is InChI=1S/C31H36N6O3S/c1-20(2)18-25-30(39)32-21(3)29-34-28(22-10-5-4-6-11-22)35-37(29)17-16-36(15-9-14-27(38)33-25)31(40)24-19-41-26-13-8-7-12-23(24)26/h4-8,10-13,19-21,25H,9,14-18H2,1-3H3,(H,32,39)(H,33,38)/t21-,25-/m1/s1. The highest BCUT2D eigenvalue weighted by Crippen LogP contribution is 2.27. The van der Waals surface area contributed by atoms with Gasteiger partial charge in [-0.05, 0) is 31.7 Å². The van der Waals surface area contributed by atoms with Gasteiger partial charge in [0, 0.05) is 40.5 Å². The smallest absolute Gasteiger partial charge is 0.255 e. The van der Waals surface area contributed by atoms with E-state index in [0.717, 1.165) is 15.6 Å². The molecule has 10 heteroatoms. The van der Waals surface area contributed by atoms with Gasteiger partial charge in [0.25, 0.3) is 5.91 Å². The van der Waals surface area contributed by atoms with Crippen LogP contribution in [-0.2, 0) is 16.1 Å². The lowest BCUT2D eigenvalue weighted by atomic mass is 10.0. The molecule has 0 saturated heterocycles. The third-order valence-electron chi connectivity index (χ3n) is 7.25. The average molecular weight is 573 g/mol. The van der Waals surface area contributed by atoms with Crippen molar-refractivity contribution in [2.75, 3.05) is 13.1 Å². The number of fused-ring (bicyclic) bond motifs is 2. The monoisotopic (exact) mass is 572 g/mol. The van der Waals surface area contributed by atoms with Crippen LogP contribution in [0.5, 0.6) is 0 Å². The molecule has 1 aliphatic rings. The summed E-state index contributed by atoms with van der Waals surface area (Å²) in [6, 6.07) is 16.5. The number of nitrogens with one attached hydrogen (secondary N) is 2. The molecule has 0 unspecified atom stereocenters. The molecule has 0 spiro atoms. The zero-order valence-electron chi connectivity index (χ0n) is 23.7. The van der Waals surface area contributed by atoms with Crippen LogP contribution in [0, 0.1) is 5.92 Å². The molecule has 0 saturated carbocycles. The molecule has 5 rings (SSSR count). The van der Waals surface area contributed by atoms with Crippen LogP contribution in [0.3, 0.4) is 0 Å². The number of carbonyl (C=O) groups excluding carboxylic acids is 3. The van der Waals surface area contributed by atoms with Gasteiger partial charge in [-0.3, -0.25) is 14.4 Å². The average Bonchev–Trinajstić information content (AvgIpc) is 3.59. The summed E-state index contributed by atoms with van der Waals surface area (Å²) in [7, 11) is 0. The predicted molar refractivity (Wildman–Crippen MR) is 160 cm³/mol. The van der Waals surface area contributed by atoms with E-state index in [-0.39, 0.29) is 30.1 Å². The highest BCUT2D eigenvalue weighted by atomic mass is 32.1. The Kier molecular flexibility index (Phi) is 8.78. The first-order valence-electron chi connectivity index (χ1n) is 14.2. The van der Waals surface area contributed by atoms with Crippen molar-refractivity contribution in [3.8, 4) is 11.4 Å². The van der Waals surface area contributed by atoms with Crippen LogP contribution < -0.4 is 10.6 Å². The fraction of sp³-hybridized carbons (Fsp3) is 0.387. The van der Waals surface area contributed by atoms with Gasteiger partial charge in [-0.1, -0.05) is 62.4 Å². The Morgan fingerprint density at radius 3 is 2.56 bits per heavy atom. The van der Waals surface area contributed by atoms with Crippen LogP contribution in [-0.4, -0.2) is 56.5 Å². The largest absolute Gasteiger partial charge is 0.345 e. The van der Waals surface area contributed by atoms with Gasteiger partial charge in [0.05, 0.1) is 18.2 Å². The molecule has 1 aliphatic heterocycles. The first kappa shape index (κ1) is 28.5. The fourth-order valence-corrected chi connectivity index (χ4v) is 6.11. The number of rotatable bonds is 4. The Hall–Kier alpha value is -4.05. The number of hydrogen-bond acceptors (Lipinski definition) is 6. The van der Waals surface area contributed by atoms with Crippen molar-refractivity contribution in [2.24, 2.45) is 5.92 Å². The van der Waals surface area contributed by atoms with E-state index in [4.69, 9.17) is 10.1 Å². The Morgan fingerprint density at radius 1 is 1.02 bits per heavy atom. The van der Waals surface area contributed by atoms with Crippen molar-refractivity contribution >= 4 is 39.1 Å². The quantitative estimate of drug-likeness (QED) is 0.365. The Morgan fingerprint density at radius 2 is 1.78 bits per heavy atom. The summed E-state index contributed by atoms with van der Waals surface area (Å²) < 4.78 is 2.85. The maximum Gasteiger partial charge on any atom is 0.255 e. The van der Waals surface area contributed by atoms with E-state index in [1.807, 2.05) is 80.7 Å². The number of benzene rings is 2. The van der Waals surface area contributed by atoms with Crippen molar-refractivity contribution in [2.45, 2.75) is 58.7 Å². The first-order valence-corrected chi connectivity index (χ1v) is 15.0. The Labute approximate surface area is 244 Å². The van der Waals surface area contributed by atoms with Crippen LogP contribution in [0.4, 0.5) is 0 Å². The van der Waals surface area contributed by atoms with Crippen molar-refractivity contribution in [1.29, 1.82) is 0 Å². The summed E-state index contributed by atoms with van der Waals surface area (Å²) >= 11 is 1.55. The molecule has 0 bridgehead atoms. The molecular formula is C31H36N6O3S. The van der Waals surface area contributed by atoms with Gasteiger partial charge in [0.15, 0.2) is 5.82 Å². The van der Waals surface area contributed by atoms with Crippen LogP contribution >= 0.6 is 11.3 Å². The summed E-state index contributed by atoms with van der Waals surface area (Å²) in [5.74, 6) is 0.852. The molecule has 214 valence electrons. The van der Waals surface area contributed by atoms with Gasteiger partial charge in [-0.15, -0.1) is 11.3 Å². The lowest BCUT2D eigenvalue weighted by Gasteiger charge is -2.26. The lowest BCUT2D eigenvalue weighted by Crippen LogP contribution is -2.48. The molecule has 2 aromatic carbocycles. The molecule has 2 atom stereocenters. The van der Waals surface area contributed by atoms with Gasteiger partial charge in [-0.25, -0.2) is 9.67 Å². The van der Waals surface area contributed by atoms with Gasteiger partial charge in [0.2, 0.25) is 11.8 Å². The topological polar surface area (TPSA) is 109 Å². The van der Waals surface area contributed by atoms with Crippen LogP contribution in [0.2, 0.25) is 0 Å². The van der Waals surface area contributed by atoms with E-state index in [1.54, 1.807) is 20.9 Å². The van der Waals surface area contributed by atoms with Gasteiger partial charge in [0.1, 0.15) is 11.9 Å². The molecule has 3 amide bonds. The van der Waals surface area contributed by atoms with Crippen LogP contribution in [0.25, 0.3) is 21.5 Å². The highest BCUT2D eigenvalue weighted by Gasteiger charge is 2.27. The zero-order valence-corrected chi connectivity index (χ0v) is 24.5. The fourth-order valence-electron chi connectivity index (χ4n) is 5.17. The molecule has 0 aliphatic carbocycles. The minimum absolute atomic E-state index is 0.0704. The van der Waals surface area contributed by atoms with E-state index < -0.39 is 12.1 Å². The lowest BCUT2D eigenvalue weighted by molar-refractivity contribution is -0.129. The van der Waals surface area contributed by atoms with E-state index in [2.05, 4.69) is 10.6 Å². The minimum Gasteiger partial charge on any atom is -0.345 e. The number of carbonyl (C=O) groups is 3. The molecular weight excluding hydrogens is 536 g/mol. The van der Waals surface area contributed by atoms with E-state index in [9.17, 15) is 14.4 Å². The third kappa shape index (κ3) is 6.65. The molecule has 0 fully saturated rings. The van der Waals surface area contributed by atoms with Crippen molar-refractivity contribution < 1.29 is 14.4 Å². The molecule has 4 aromatic rings.